The molecule has 4 rings (SSSR count). The molecule has 0 saturated heterocycles. The van der Waals surface area contributed by atoms with Gasteiger partial charge in [-0.3, -0.25) is 0 Å². The Labute approximate surface area is 169 Å². The van der Waals surface area contributed by atoms with Gasteiger partial charge in [-0.25, -0.2) is 9.97 Å². The summed E-state index contributed by atoms with van der Waals surface area (Å²) >= 11 is 0. The van der Waals surface area contributed by atoms with Gasteiger partial charge in [-0.2, -0.15) is 4.98 Å². The van der Waals surface area contributed by atoms with Crippen molar-refractivity contribution in [2.45, 2.75) is 13.5 Å². The summed E-state index contributed by atoms with van der Waals surface area (Å²) in [5.41, 5.74) is 9.05. The fourth-order valence-corrected chi connectivity index (χ4v) is 2.93. The molecule has 2 aromatic heterocycles. The molecule has 0 bridgehead atoms. The third-order valence-electron chi connectivity index (χ3n) is 4.43. The van der Waals surface area contributed by atoms with Gasteiger partial charge in [-0.05, 0) is 36.8 Å². The van der Waals surface area contributed by atoms with E-state index in [-0.39, 0.29) is 0 Å². The van der Waals surface area contributed by atoms with Gasteiger partial charge in [-0.15, -0.1) is 0 Å². The Morgan fingerprint density at radius 3 is 2.34 bits per heavy atom. The standard InChI is InChI=1S/C23H21N5O/c1-17-10-12-19(13-11-17)29-23-21(24)22(26-16-27-23)28(20-9-5-6-14-25-20)15-18-7-3-2-4-8-18/h2-14,16H,15,24H2,1H3. The average Bonchev–Trinajstić information content (AvgIpc) is 2.77. The largest absolute Gasteiger partial charge is 0.437 e. The van der Waals surface area contributed by atoms with E-state index in [4.69, 9.17) is 10.5 Å². The van der Waals surface area contributed by atoms with Crippen LogP contribution in [0.1, 0.15) is 11.1 Å². The van der Waals surface area contributed by atoms with Crippen molar-refractivity contribution in [2.75, 3.05) is 10.6 Å². The van der Waals surface area contributed by atoms with Gasteiger partial charge in [0.2, 0.25) is 5.88 Å². The molecule has 2 aromatic carbocycles. The highest BCUT2D eigenvalue weighted by atomic mass is 16.5. The van der Waals surface area contributed by atoms with Gasteiger partial charge in [0.15, 0.2) is 5.82 Å². The third kappa shape index (κ3) is 4.32. The second kappa shape index (κ2) is 8.39. The molecular formula is C23H21N5O. The van der Waals surface area contributed by atoms with Crippen molar-refractivity contribution in [3.8, 4) is 11.6 Å². The molecule has 0 unspecified atom stereocenters. The monoisotopic (exact) mass is 383 g/mol. The molecule has 6 nitrogen and oxygen atoms in total. The highest BCUT2D eigenvalue weighted by Gasteiger charge is 2.19. The first kappa shape index (κ1) is 18.4. The van der Waals surface area contributed by atoms with Crippen molar-refractivity contribution in [1.82, 2.24) is 15.0 Å². The van der Waals surface area contributed by atoms with Crippen molar-refractivity contribution < 1.29 is 4.74 Å². The Bertz CT molecular complexity index is 1070. The van der Waals surface area contributed by atoms with E-state index in [9.17, 15) is 0 Å². The first-order chi connectivity index (χ1) is 14.2. The van der Waals surface area contributed by atoms with E-state index in [1.165, 1.54) is 6.33 Å². The van der Waals surface area contributed by atoms with E-state index < -0.39 is 0 Å². The van der Waals surface area contributed by atoms with E-state index in [0.29, 0.717) is 29.7 Å². The van der Waals surface area contributed by atoms with Crippen LogP contribution in [0.4, 0.5) is 17.3 Å². The van der Waals surface area contributed by atoms with Crippen molar-refractivity contribution >= 4 is 17.3 Å². The number of aromatic nitrogens is 3. The van der Waals surface area contributed by atoms with Crippen LogP contribution < -0.4 is 15.4 Å². The third-order valence-corrected chi connectivity index (χ3v) is 4.43. The number of hydrogen-bond donors (Lipinski definition) is 1. The molecule has 144 valence electrons. The Balaban J connectivity index is 1.71. The van der Waals surface area contributed by atoms with Crippen molar-refractivity contribution in [3.63, 3.8) is 0 Å². The molecule has 0 aliphatic heterocycles. The fourth-order valence-electron chi connectivity index (χ4n) is 2.93. The number of pyridine rings is 1. The Kier molecular flexibility index (Phi) is 5.33. The van der Waals surface area contributed by atoms with Gasteiger partial charge in [0.1, 0.15) is 23.6 Å². The van der Waals surface area contributed by atoms with Crippen LogP contribution in [-0.2, 0) is 6.54 Å². The average molecular weight is 383 g/mol. The molecule has 4 aromatic rings. The maximum atomic E-state index is 6.43. The van der Waals surface area contributed by atoms with Crippen LogP contribution in [0, 0.1) is 6.92 Å². The first-order valence-corrected chi connectivity index (χ1v) is 9.28. The quantitative estimate of drug-likeness (QED) is 0.511. The number of rotatable bonds is 6. The summed E-state index contributed by atoms with van der Waals surface area (Å²) in [6.45, 7) is 2.58. The lowest BCUT2D eigenvalue weighted by Gasteiger charge is -2.24. The molecule has 0 amide bonds. The van der Waals surface area contributed by atoms with E-state index >= 15 is 0 Å². The van der Waals surface area contributed by atoms with Gasteiger partial charge in [0.05, 0.1) is 6.54 Å². The fraction of sp³-hybridized carbons (Fsp3) is 0.0870. The predicted molar refractivity (Wildman–Crippen MR) is 114 cm³/mol. The van der Waals surface area contributed by atoms with Crippen molar-refractivity contribution in [1.29, 1.82) is 0 Å². The van der Waals surface area contributed by atoms with Gasteiger partial charge in [0.25, 0.3) is 0 Å². The Hall–Kier alpha value is -3.93. The number of aryl methyl sites for hydroxylation is 1. The molecule has 0 atom stereocenters. The highest BCUT2D eigenvalue weighted by molar-refractivity contribution is 5.73. The lowest BCUT2D eigenvalue weighted by Crippen LogP contribution is -2.20. The molecule has 0 saturated carbocycles. The zero-order chi connectivity index (χ0) is 20.1. The number of ether oxygens (including phenoxy) is 1. The summed E-state index contributed by atoms with van der Waals surface area (Å²) in [4.78, 5) is 15.1. The molecule has 0 fully saturated rings. The van der Waals surface area contributed by atoms with Crippen molar-refractivity contribution in [2.24, 2.45) is 0 Å². The molecule has 6 heteroatoms. The molecule has 2 N–H and O–H groups in total. The second-order valence-corrected chi connectivity index (χ2v) is 6.59. The molecule has 0 aliphatic carbocycles. The number of anilines is 3. The van der Waals surface area contributed by atoms with E-state index in [1.54, 1.807) is 6.20 Å². The minimum atomic E-state index is 0.313. The summed E-state index contributed by atoms with van der Waals surface area (Å²) in [7, 11) is 0. The van der Waals surface area contributed by atoms with Crippen LogP contribution >= 0.6 is 0 Å². The molecule has 29 heavy (non-hydrogen) atoms. The normalized spacial score (nSPS) is 10.5. The van der Waals surface area contributed by atoms with Crippen LogP contribution in [-0.4, -0.2) is 15.0 Å². The van der Waals surface area contributed by atoms with Gasteiger partial charge in [-0.1, -0.05) is 54.1 Å². The summed E-state index contributed by atoms with van der Waals surface area (Å²) in [5, 5.41) is 0. The zero-order valence-electron chi connectivity index (χ0n) is 16.1. The molecular weight excluding hydrogens is 362 g/mol. The van der Waals surface area contributed by atoms with Crippen LogP contribution in [0.15, 0.2) is 85.3 Å². The second-order valence-electron chi connectivity index (χ2n) is 6.59. The molecule has 0 radical (unpaired) electrons. The van der Waals surface area contributed by atoms with Gasteiger partial charge >= 0.3 is 0 Å². The number of nitrogens with two attached hydrogens (primary N) is 1. The van der Waals surface area contributed by atoms with Crippen LogP contribution in [0.2, 0.25) is 0 Å². The van der Waals surface area contributed by atoms with Gasteiger partial charge in [0, 0.05) is 6.20 Å². The maximum absolute atomic E-state index is 6.43. The van der Waals surface area contributed by atoms with E-state index in [0.717, 1.165) is 16.9 Å². The summed E-state index contributed by atoms with van der Waals surface area (Å²) in [6, 6.07) is 23.5. The minimum Gasteiger partial charge on any atom is -0.437 e. The van der Waals surface area contributed by atoms with Crippen LogP contribution in [0.3, 0.4) is 0 Å². The topological polar surface area (TPSA) is 77.2 Å². The van der Waals surface area contributed by atoms with Crippen molar-refractivity contribution in [3.05, 3.63) is 96.4 Å². The summed E-state index contributed by atoms with van der Waals surface area (Å²) in [6.07, 6.45) is 3.20. The molecule has 2 heterocycles. The zero-order valence-corrected chi connectivity index (χ0v) is 16.1. The predicted octanol–water partition coefficient (Wildman–Crippen LogP) is 4.89. The SMILES string of the molecule is Cc1ccc(Oc2ncnc(N(Cc3ccccc3)c3ccccn3)c2N)cc1. The highest BCUT2D eigenvalue weighted by Crippen LogP contribution is 2.35. The number of nitrogen functional groups attached to an aromatic ring is 1. The number of benzene rings is 2. The Morgan fingerprint density at radius 1 is 0.862 bits per heavy atom. The number of nitrogens with zero attached hydrogens (tertiary/aromatic N) is 4. The lowest BCUT2D eigenvalue weighted by molar-refractivity contribution is 0.464. The molecule has 0 spiro atoms. The van der Waals surface area contributed by atoms with E-state index in [1.807, 2.05) is 72.5 Å². The first-order valence-electron chi connectivity index (χ1n) is 9.28. The number of hydrogen-bond acceptors (Lipinski definition) is 6. The Morgan fingerprint density at radius 2 is 1.62 bits per heavy atom. The van der Waals surface area contributed by atoms with Gasteiger partial charge < -0.3 is 15.4 Å². The summed E-state index contributed by atoms with van der Waals surface area (Å²) < 4.78 is 5.92. The maximum Gasteiger partial charge on any atom is 0.248 e. The van der Waals surface area contributed by atoms with E-state index in [2.05, 4.69) is 27.1 Å². The van der Waals surface area contributed by atoms with Crippen LogP contribution in [0.25, 0.3) is 0 Å². The molecule has 0 aliphatic rings. The summed E-state index contributed by atoms with van der Waals surface area (Å²) in [5.74, 6) is 2.26. The van der Waals surface area contributed by atoms with Crippen LogP contribution in [0.5, 0.6) is 11.6 Å². The smallest absolute Gasteiger partial charge is 0.248 e. The minimum absolute atomic E-state index is 0.313. The lowest BCUT2D eigenvalue weighted by atomic mass is 10.2.